The molecule has 0 fully saturated rings. The van der Waals surface area contributed by atoms with Crippen molar-refractivity contribution in [2.45, 2.75) is 24.7 Å². The van der Waals surface area contributed by atoms with Gasteiger partial charge in [-0.1, -0.05) is 86.1 Å². The highest BCUT2D eigenvalue weighted by atomic mass is 32.2. The molecule has 3 nitrogen and oxygen atoms in total. The number of benzene rings is 4. The summed E-state index contributed by atoms with van der Waals surface area (Å²) < 4.78 is 30.8. The summed E-state index contributed by atoms with van der Waals surface area (Å²) in [6.45, 7) is 2.29. The van der Waals surface area contributed by atoms with Crippen molar-refractivity contribution in [2.24, 2.45) is 0 Å². The maximum atomic E-state index is 10.3. The Balaban J connectivity index is 0.000000257. The van der Waals surface area contributed by atoms with Crippen LogP contribution in [0.15, 0.2) is 126 Å². The van der Waals surface area contributed by atoms with E-state index in [0.717, 1.165) is 0 Å². The van der Waals surface area contributed by atoms with Crippen LogP contribution in [0, 0.1) is 0 Å². The van der Waals surface area contributed by atoms with Crippen molar-refractivity contribution in [3.63, 3.8) is 0 Å². The van der Waals surface area contributed by atoms with Crippen molar-refractivity contribution < 1.29 is 13.0 Å². The van der Waals surface area contributed by atoms with E-state index >= 15 is 0 Å². The standard InChI is InChI=1S/C22H24P.C6H6O3S/c1-2-3-19-23(20-13-7-4-8-14-20,21-15-9-5-10-16-21)22-17-11-6-12-18-22;7-10(8,9)6-4-2-1-3-5-6/h4-18H,2-3,19H2,1H3;1-5H,(H,7,8,9)/q+1;/p-1. The van der Waals surface area contributed by atoms with E-state index in [1.807, 2.05) is 0 Å². The first-order chi connectivity index (χ1) is 16.0. The summed E-state index contributed by atoms with van der Waals surface area (Å²) >= 11 is 0. The lowest BCUT2D eigenvalue weighted by atomic mass is 10.3. The second-order valence-electron chi connectivity index (χ2n) is 7.66. The van der Waals surface area contributed by atoms with E-state index < -0.39 is 17.4 Å². The van der Waals surface area contributed by atoms with Gasteiger partial charge in [-0.3, -0.25) is 0 Å². The molecule has 0 amide bonds. The molecule has 4 rings (SSSR count). The Labute approximate surface area is 198 Å². The van der Waals surface area contributed by atoms with Gasteiger partial charge in [0.2, 0.25) is 0 Å². The Morgan fingerprint density at radius 3 is 1.21 bits per heavy atom. The maximum absolute atomic E-state index is 10.3. The molecule has 0 N–H and O–H groups in total. The molecule has 0 unspecified atom stereocenters. The lowest BCUT2D eigenvalue weighted by molar-refractivity contribution is 0.463. The van der Waals surface area contributed by atoms with Crippen LogP contribution in [-0.4, -0.2) is 19.1 Å². The Kier molecular flexibility index (Phi) is 8.96. The second-order valence-corrected chi connectivity index (χ2v) is 12.7. The Morgan fingerprint density at radius 2 is 0.939 bits per heavy atom. The van der Waals surface area contributed by atoms with Crippen LogP contribution in [0.4, 0.5) is 0 Å². The molecule has 0 saturated heterocycles. The van der Waals surface area contributed by atoms with Gasteiger partial charge in [0, 0.05) is 0 Å². The minimum atomic E-state index is -4.25. The summed E-state index contributed by atoms with van der Waals surface area (Å²) in [5.41, 5.74) is 0. The third-order valence-corrected chi connectivity index (χ3v) is 10.8. The molecule has 4 aromatic rings. The van der Waals surface area contributed by atoms with Crippen molar-refractivity contribution in [3.05, 3.63) is 121 Å². The molecule has 0 radical (unpaired) electrons. The summed E-state index contributed by atoms with van der Waals surface area (Å²) in [5.74, 6) is 0. The SMILES string of the molecule is CCCC[P+](c1ccccc1)(c1ccccc1)c1ccccc1.O=S(=O)([O-])c1ccccc1. The largest absolute Gasteiger partial charge is 0.744 e. The van der Waals surface area contributed by atoms with Crippen molar-refractivity contribution in [1.82, 2.24) is 0 Å². The molecule has 0 aliphatic carbocycles. The average Bonchev–Trinajstić information content (AvgIpc) is 2.87. The van der Waals surface area contributed by atoms with Crippen LogP contribution in [-0.2, 0) is 10.1 Å². The molecule has 0 atom stereocenters. The lowest BCUT2D eigenvalue weighted by Gasteiger charge is -2.27. The Hall–Kier alpha value is -2.78. The summed E-state index contributed by atoms with van der Waals surface area (Å²) in [7, 11) is -5.82. The van der Waals surface area contributed by atoms with Gasteiger partial charge in [0.1, 0.15) is 33.3 Å². The number of unbranched alkanes of at least 4 members (excludes halogenated alkanes) is 1. The van der Waals surface area contributed by atoms with Gasteiger partial charge in [0.25, 0.3) is 0 Å². The van der Waals surface area contributed by atoms with E-state index in [-0.39, 0.29) is 4.90 Å². The molecule has 0 aromatic heterocycles. The first-order valence-corrected chi connectivity index (χ1v) is 14.4. The molecule has 0 aliphatic heterocycles. The van der Waals surface area contributed by atoms with Crippen LogP contribution in [0.1, 0.15) is 19.8 Å². The fourth-order valence-corrected chi connectivity index (χ4v) is 8.86. The quantitative estimate of drug-likeness (QED) is 0.266. The van der Waals surface area contributed by atoms with Gasteiger partial charge < -0.3 is 4.55 Å². The summed E-state index contributed by atoms with van der Waals surface area (Å²) in [6.07, 6.45) is 3.72. The molecule has 33 heavy (non-hydrogen) atoms. The minimum Gasteiger partial charge on any atom is -0.744 e. The van der Waals surface area contributed by atoms with Crippen LogP contribution >= 0.6 is 7.26 Å². The predicted octanol–water partition coefficient (Wildman–Crippen LogP) is 5.37. The molecule has 0 bridgehead atoms. The van der Waals surface area contributed by atoms with E-state index in [1.54, 1.807) is 6.07 Å². The molecule has 0 aliphatic rings. The van der Waals surface area contributed by atoms with Gasteiger partial charge in [0.05, 0.1) is 11.1 Å². The predicted molar refractivity (Wildman–Crippen MR) is 139 cm³/mol. The summed E-state index contributed by atoms with van der Waals surface area (Å²) in [5, 5.41) is 4.47. The highest BCUT2D eigenvalue weighted by Gasteiger charge is 2.44. The molecule has 170 valence electrons. The Bertz CT molecular complexity index is 1100. The van der Waals surface area contributed by atoms with Gasteiger partial charge in [-0.2, -0.15) is 0 Å². The number of hydrogen-bond donors (Lipinski definition) is 0. The van der Waals surface area contributed by atoms with Crippen LogP contribution in [0.5, 0.6) is 0 Å². The third-order valence-electron chi connectivity index (χ3n) is 5.47. The van der Waals surface area contributed by atoms with Crippen molar-refractivity contribution >= 4 is 33.3 Å². The maximum Gasteiger partial charge on any atom is 0.124 e. The van der Waals surface area contributed by atoms with Crippen LogP contribution < -0.4 is 15.9 Å². The van der Waals surface area contributed by atoms with E-state index in [0.29, 0.717) is 0 Å². The molecule has 0 saturated carbocycles. The number of hydrogen-bond acceptors (Lipinski definition) is 3. The van der Waals surface area contributed by atoms with E-state index in [2.05, 4.69) is 97.9 Å². The molecule has 4 aromatic carbocycles. The third kappa shape index (κ3) is 6.39. The van der Waals surface area contributed by atoms with E-state index in [1.165, 1.54) is 59.2 Å². The van der Waals surface area contributed by atoms with E-state index in [4.69, 9.17) is 0 Å². The van der Waals surface area contributed by atoms with Crippen LogP contribution in [0.3, 0.4) is 0 Å². The molecule has 5 heteroatoms. The van der Waals surface area contributed by atoms with Crippen LogP contribution in [0.2, 0.25) is 0 Å². The smallest absolute Gasteiger partial charge is 0.124 e. The van der Waals surface area contributed by atoms with Gasteiger partial charge in [0.15, 0.2) is 0 Å². The van der Waals surface area contributed by atoms with Crippen LogP contribution in [0.25, 0.3) is 0 Å². The zero-order chi connectivity index (χ0) is 23.6. The zero-order valence-electron chi connectivity index (χ0n) is 18.7. The summed E-state index contributed by atoms with van der Waals surface area (Å²) in [6, 6.07) is 40.6. The average molecular weight is 477 g/mol. The van der Waals surface area contributed by atoms with Crippen molar-refractivity contribution in [2.75, 3.05) is 6.16 Å². The fourth-order valence-electron chi connectivity index (χ4n) is 3.86. The van der Waals surface area contributed by atoms with Gasteiger partial charge in [-0.05, 0) is 55.0 Å². The normalized spacial score (nSPS) is 11.3. The first kappa shape index (κ1) is 24.9. The van der Waals surface area contributed by atoms with Crippen molar-refractivity contribution in [1.29, 1.82) is 0 Å². The first-order valence-electron chi connectivity index (χ1n) is 11.0. The monoisotopic (exact) mass is 476 g/mol. The summed E-state index contributed by atoms with van der Waals surface area (Å²) in [4.78, 5) is -0.185. The number of rotatable bonds is 7. The van der Waals surface area contributed by atoms with E-state index in [9.17, 15) is 13.0 Å². The highest BCUT2D eigenvalue weighted by Crippen LogP contribution is 2.55. The minimum absolute atomic E-state index is 0.185. The molecule has 0 spiro atoms. The second kappa shape index (κ2) is 11.9. The lowest BCUT2D eigenvalue weighted by Crippen LogP contribution is -2.33. The molecular weight excluding hydrogens is 447 g/mol. The van der Waals surface area contributed by atoms with Gasteiger partial charge in [-0.25, -0.2) is 8.42 Å². The van der Waals surface area contributed by atoms with Gasteiger partial charge >= 0.3 is 0 Å². The fraction of sp³-hybridized carbons (Fsp3) is 0.143. The molecular formula is C28H29O3PS. The Morgan fingerprint density at radius 1 is 0.606 bits per heavy atom. The van der Waals surface area contributed by atoms with Gasteiger partial charge in [-0.15, -0.1) is 0 Å². The topological polar surface area (TPSA) is 57.2 Å². The molecule has 0 heterocycles. The highest BCUT2D eigenvalue weighted by molar-refractivity contribution is 7.95. The zero-order valence-corrected chi connectivity index (χ0v) is 20.5. The van der Waals surface area contributed by atoms with Crippen molar-refractivity contribution in [3.8, 4) is 0 Å².